The van der Waals surface area contributed by atoms with Gasteiger partial charge in [0.15, 0.2) is 0 Å². The van der Waals surface area contributed by atoms with Crippen molar-refractivity contribution in [2.45, 2.75) is 25.6 Å². The topological polar surface area (TPSA) is 12.5 Å². The van der Waals surface area contributed by atoms with Gasteiger partial charge in [0.25, 0.3) is 0 Å². The van der Waals surface area contributed by atoms with Gasteiger partial charge in [0.05, 0.1) is 6.10 Å². The lowest BCUT2D eigenvalue weighted by molar-refractivity contribution is 0.361. The average Bonchev–Trinajstić information content (AvgIpc) is 2.67. The first-order valence-corrected chi connectivity index (χ1v) is 4.09. The molecule has 1 nitrogen and oxygen atoms in total. The van der Waals surface area contributed by atoms with E-state index in [1.165, 1.54) is 16.7 Å². The number of hydrogen-bond acceptors (Lipinski definition) is 1. The second-order valence-electron chi connectivity index (χ2n) is 3.50. The third-order valence-electron chi connectivity index (χ3n) is 2.61. The molecule has 2 aliphatic rings. The SMILES string of the molecule is Cc1ccc2c(c1)[C@@H]1O[C@@H]1C2. The molecule has 1 aromatic carbocycles. The first-order valence-electron chi connectivity index (χ1n) is 4.09. The molecule has 56 valence electrons. The molecule has 0 N–H and O–H groups in total. The second-order valence-corrected chi connectivity index (χ2v) is 3.50. The molecular weight excluding hydrogens is 136 g/mol. The smallest absolute Gasteiger partial charge is 0.110 e. The second kappa shape index (κ2) is 1.67. The molecule has 0 spiro atoms. The van der Waals surface area contributed by atoms with Crippen LogP contribution in [-0.2, 0) is 11.2 Å². The van der Waals surface area contributed by atoms with E-state index in [-0.39, 0.29) is 0 Å². The zero-order valence-corrected chi connectivity index (χ0v) is 6.50. The van der Waals surface area contributed by atoms with E-state index in [0.717, 1.165) is 6.42 Å². The van der Waals surface area contributed by atoms with Crippen LogP contribution in [0.15, 0.2) is 18.2 Å². The average molecular weight is 146 g/mol. The highest BCUT2D eigenvalue weighted by Crippen LogP contribution is 2.48. The maximum atomic E-state index is 5.43. The van der Waals surface area contributed by atoms with Crippen molar-refractivity contribution in [3.8, 4) is 0 Å². The number of aryl methyl sites for hydroxylation is 1. The number of ether oxygens (including phenoxy) is 1. The highest BCUT2D eigenvalue weighted by molar-refractivity contribution is 5.41. The Morgan fingerprint density at radius 2 is 2.36 bits per heavy atom. The van der Waals surface area contributed by atoms with Crippen molar-refractivity contribution in [1.82, 2.24) is 0 Å². The number of fused-ring (bicyclic) bond motifs is 3. The Bertz CT molecular complexity index is 317. The number of benzene rings is 1. The van der Waals surface area contributed by atoms with Gasteiger partial charge >= 0.3 is 0 Å². The van der Waals surface area contributed by atoms with E-state index in [2.05, 4.69) is 25.1 Å². The minimum Gasteiger partial charge on any atom is -0.364 e. The van der Waals surface area contributed by atoms with Gasteiger partial charge in [0.1, 0.15) is 6.10 Å². The van der Waals surface area contributed by atoms with Crippen LogP contribution in [0.4, 0.5) is 0 Å². The zero-order valence-electron chi connectivity index (χ0n) is 6.50. The van der Waals surface area contributed by atoms with Gasteiger partial charge in [-0.15, -0.1) is 0 Å². The summed E-state index contributed by atoms with van der Waals surface area (Å²) < 4.78 is 5.43. The normalized spacial score (nSPS) is 31.4. The Hall–Kier alpha value is -0.820. The van der Waals surface area contributed by atoms with Gasteiger partial charge in [-0.2, -0.15) is 0 Å². The predicted molar refractivity (Wildman–Crippen MR) is 42.5 cm³/mol. The molecule has 0 radical (unpaired) electrons. The maximum Gasteiger partial charge on any atom is 0.110 e. The monoisotopic (exact) mass is 146 g/mol. The summed E-state index contributed by atoms with van der Waals surface area (Å²) in [4.78, 5) is 0. The molecule has 1 aliphatic heterocycles. The van der Waals surface area contributed by atoms with Crippen molar-refractivity contribution in [3.05, 3.63) is 34.9 Å². The third-order valence-corrected chi connectivity index (χ3v) is 2.61. The Balaban J connectivity index is 2.20. The minimum absolute atomic E-state index is 0.463. The van der Waals surface area contributed by atoms with E-state index in [1.54, 1.807) is 0 Å². The molecule has 0 aromatic heterocycles. The molecular formula is C10H10O. The van der Waals surface area contributed by atoms with Gasteiger partial charge in [0.2, 0.25) is 0 Å². The van der Waals surface area contributed by atoms with Gasteiger partial charge < -0.3 is 4.74 Å². The molecule has 1 aromatic rings. The van der Waals surface area contributed by atoms with Gasteiger partial charge in [-0.25, -0.2) is 0 Å². The lowest BCUT2D eigenvalue weighted by atomic mass is 10.1. The summed E-state index contributed by atoms with van der Waals surface area (Å²) in [5, 5.41) is 0. The molecule has 2 atom stereocenters. The molecule has 1 aliphatic carbocycles. The van der Waals surface area contributed by atoms with Crippen LogP contribution in [-0.4, -0.2) is 6.10 Å². The van der Waals surface area contributed by atoms with E-state index in [4.69, 9.17) is 4.74 Å². The molecule has 1 heteroatoms. The minimum atomic E-state index is 0.463. The number of epoxide rings is 1. The van der Waals surface area contributed by atoms with Crippen LogP contribution in [0.25, 0.3) is 0 Å². The number of rotatable bonds is 0. The molecule has 1 heterocycles. The van der Waals surface area contributed by atoms with Crippen molar-refractivity contribution in [2.75, 3.05) is 0 Å². The standard InChI is InChI=1S/C10H10O/c1-6-2-3-7-5-9-10(11-9)8(7)4-6/h2-4,9-10H,5H2,1H3/t9-,10+/m1/s1. The molecule has 0 unspecified atom stereocenters. The lowest BCUT2D eigenvalue weighted by Crippen LogP contribution is -1.88. The predicted octanol–water partition coefficient (Wildman–Crippen LogP) is 1.99. The molecule has 3 rings (SSSR count). The summed E-state index contributed by atoms with van der Waals surface area (Å²) in [5.41, 5.74) is 4.28. The van der Waals surface area contributed by atoms with Crippen LogP contribution in [0, 0.1) is 6.92 Å². The molecule has 1 saturated heterocycles. The summed E-state index contributed by atoms with van der Waals surface area (Å²) in [5.74, 6) is 0. The van der Waals surface area contributed by atoms with Gasteiger partial charge in [-0.3, -0.25) is 0 Å². The molecule has 0 bridgehead atoms. The van der Waals surface area contributed by atoms with Crippen LogP contribution >= 0.6 is 0 Å². The summed E-state index contributed by atoms with van der Waals surface area (Å²) in [6, 6.07) is 6.68. The van der Waals surface area contributed by atoms with Crippen LogP contribution < -0.4 is 0 Å². The van der Waals surface area contributed by atoms with Crippen molar-refractivity contribution in [2.24, 2.45) is 0 Å². The van der Waals surface area contributed by atoms with Crippen LogP contribution in [0.1, 0.15) is 22.8 Å². The summed E-state index contributed by atoms with van der Waals surface area (Å²) in [6.45, 7) is 2.13. The van der Waals surface area contributed by atoms with Gasteiger partial charge in [-0.05, 0) is 18.1 Å². The Labute approximate surface area is 66.0 Å². The van der Waals surface area contributed by atoms with Crippen molar-refractivity contribution >= 4 is 0 Å². The lowest BCUT2D eigenvalue weighted by Gasteiger charge is -2.01. The van der Waals surface area contributed by atoms with Crippen molar-refractivity contribution in [3.63, 3.8) is 0 Å². The van der Waals surface area contributed by atoms with E-state index in [9.17, 15) is 0 Å². The Morgan fingerprint density at radius 1 is 1.45 bits per heavy atom. The molecule has 11 heavy (non-hydrogen) atoms. The third kappa shape index (κ3) is 0.690. The van der Waals surface area contributed by atoms with E-state index >= 15 is 0 Å². The van der Waals surface area contributed by atoms with E-state index in [1.807, 2.05) is 0 Å². The largest absolute Gasteiger partial charge is 0.364 e. The first kappa shape index (κ1) is 5.78. The van der Waals surface area contributed by atoms with Crippen molar-refractivity contribution in [1.29, 1.82) is 0 Å². The van der Waals surface area contributed by atoms with E-state index in [0.29, 0.717) is 12.2 Å². The Kier molecular flexibility index (Phi) is 0.878. The van der Waals surface area contributed by atoms with Gasteiger partial charge in [0, 0.05) is 6.42 Å². The fourth-order valence-corrected chi connectivity index (χ4v) is 1.95. The molecule has 1 fully saturated rings. The van der Waals surface area contributed by atoms with Crippen molar-refractivity contribution < 1.29 is 4.74 Å². The fourth-order valence-electron chi connectivity index (χ4n) is 1.95. The quantitative estimate of drug-likeness (QED) is 0.510. The molecule has 0 saturated carbocycles. The summed E-state index contributed by atoms with van der Waals surface area (Å²) in [7, 11) is 0. The van der Waals surface area contributed by atoms with Crippen LogP contribution in [0.5, 0.6) is 0 Å². The van der Waals surface area contributed by atoms with Gasteiger partial charge in [-0.1, -0.05) is 23.8 Å². The van der Waals surface area contributed by atoms with Crippen LogP contribution in [0.2, 0.25) is 0 Å². The summed E-state index contributed by atoms with van der Waals surface area (Å²) >= 11 is 0. The van der Waals surface area contributed by atoms with Crippen LogP contribution in [0.3, 0.4) is 0 Å². The summed E-state index contributed by atoms with van der Waals surface area (Å²) in [6.07, 6.45) is 2.14. The molecule has 0 amide bonds. The highest BCUT2D eigenvalue weighted by atomic mass is 16.6. The zero-order chi connectivity index (χ0) is 7.42. The fraction of sp³-hybridized carbons (Fsp3) is 0.400. The maximum absolute atomic E-state index is 5.43. The van der Waals surface area contributed by atoms with E-state index < -0.39 is 0 Å². The highest BCUT2D eigenvalue weighted by Gasteiger charge is 2.46. The first-order chi connectivity index (χ1) is 5.34. The Morgan fingerprint density at radius 3 is 3.27 bits per heavy atom. The number of hydrogen-bond donors (Lipinski definition) is 0.